The molecule has 0 spiro atoms. The molecule has 0 unspecified atom stereocenters. The molecule has 2 heterocycles. The topological polar surface area (TPSA) is 56.5 Å². The van der Waals surface area contributed by atoms with Crippen molar-refractivity contribution in [3.05, 3.63) is 28.4 Å². The van der Waals surface area contributed by atoms with E-state index in [-0.39, 0.29) is 10.4 Å². The number of nitrogens with zero attached hydrogens (tertiary/aromatic N) is 5. The average Bonchev–Trinajstić information content (AvgIpc) is 2.56. The minimum Gasteiger partial charge on any atom is -0.219 e. The highest BCUT2D eigenvalue weighted by atomic mass is 35.5. The van der Waals surface area contributed by atoms with E-state index >= 15 is 0 Å². The van der Waals surface area contributed by atoms with Crippen LogP contribution in [0.15, 0.2) is 12.4 Å². The Bertz CT molecular complexity index is 467. The third-order valence-electron chi connectivity index (χ3n) is 1.53. The molecule has 0 fully saturated rings. The quantitative estimate of drug-likeness (QED) is 0.747. The highest BCUT2D eigenvalue weighted by Gasteiger charge is 2.08. The lowest BCUT2D eigenvalue weighted by molar-refractivity contribution is 0.813. The van der Waals surface area contributed by atoms with E-state index < -0.39 is 0 Å². The molecule has 0 saturated heterocycles. The fourth-order valence-corrected chi connectivity index (χ4v) is 1.24. The van der Waals surface area contributed by atoms with Crippen molar-refractivity contribution in [2.75, 3.05) is 0 Å². The summed E-state index contributed by atoms with van der Waals surface area (Å²) in [5.41, 5.74) is 0.996. The van der Waals surface area contributed by atoms with Gasteiger partial charge in [0.1, 0.15) is 0 Å². The molecule has 0 radical (unpaired) electrons. The van der Waals surface area contributed by atoms with Crippen LogP contribution in [0.25, 0.3) is 5.82 Å². The fourth-order valence-electron chi connectivity index (χ4n) is 0.960. The molecule has 14 heavy (non-hydrogen) atoms. The zero-order valence-electron chi connectivity index (χ0n) is 7.15. The predicted molar refractivity (Wildman–Crippen MR) is 51.7 cm³/mol. The minimum atomic E-state index is 0.0394. The van der Waals surface area contributed by atoms with Crippen molar-refractivity contribution in [1.82, 2.24) is 25.0 Å². The first-order valence-corrected chi connectivity index (χ1v) is 4.50. The number of rotatable bonds is 1. The van der Waals surface area contributed by atoms with Gasteiger partial charge in [-0.05, 0) is 24.1 Å². The first-order chi connectivity index (χ1) is 6.66. The average molecular weight is 230 g/mol. The van der Waals surface area contributed by atoms with Gasteiger partial charge in [0.15, 0.2) is 11.0 Å². The second-order valence-electron chi connectivity index (χ2n) is 2.66. The Labute approximate surface area is 89.7 Å². The maximum atomic E-state index is 5.78. The van der Waals surface area contributed by atoms with Crippen molar-refractivity contribution in [3.63, 3.8) is 0 Å². The maximum Gasteiger partial charge on any atom is 0.245 e. The van der Waals surface area contributed by atoms with Crippen molar-refractivity contribution in [2.45, 2.75) is 6.92 Å². The fraction of sp³-hybridized carbons (Fsp3) is 0.143. The summed E-state index contributed by atoms with van der Waals surface area (Å²) in [5, 5.41) is 11.4. The molecule has 0 aromatic carbocycles. The summed E-state index contributed by atoms with van der Waals surface area (Å²) in [6, 6.07) is 0. The van der Waals surface area contributed by atoms with Gasteiger partial charge in [-0.2, -0.15) is 10.1 Å². The van der Waals surface area contributed by atoms with E-state index in [2.05, 4.69) is 20.3 Å². The number of aromatic nitrogens is 5. The van der Waals surface area contributed by atoms with E-state index in [0.717, 1.165) is 5.56 Å². The summed E-state index contributed by atoms with van der Waals surface area (Å²) in [7, 11) is 0. The van der Waals surface area contributed by atoms with Crippen LogP contribution in [0.5, 0.6) is 0 Å². The Morgan fingerprint density at radius 1 is 1.29 bits per heavy atom. The van der Waals surface area contributed by atoms with E-state index in [1.54, 1.807) is 12.4 Å². The second kappa shape index (κ2) is 3.51. The number of hydrogen-bond donors (Lipinski definition) is 0. The monoisotopic (exact) mass is 229 g/mol. The Morgan fingerprint density at radius 3 is 2.71 bits per heavy atom. The maximum absolute atomic E-state index is 5.78. The molecule has 0 atom stereocenters. The van der Waals surface area contributed by atoms with Gasteiger partial charge in [-0.3, -0.25) is 0 Å². The summed E-state index contributed by atoms with van der Waals surface area (Å²) in [6.45, 7) is 1.91. The summed E-state index contributed by atoms with van der Waals surface area (Å²) in [6.07, 6.45) is 3.46. The lowest BCUT2D eigenvalue weighted by Crippen LogP contribution is -2.02. The van der Waals surface area contributed by atoms with Crippen LogP contribution >= 0.6 is 23.2 Å². The highest BCUT2D eigenvalue weighted by molar-refractivity contribution is 6.31. The Morgan fingerprint density at radius 2 is 2.07 bits per heavy atom. The van der Waals surface area contributed by atoms with E-state index in [0.29, 0.717) is 5.82 Å². The van der Waals surface area contributed by atoms with Crippen molar-refractivity contribution in [3.8, 4) is 5.82 Å². The molecule has 72 valence electrons. The van der Waals surface area contributed by atoms with Gasteiger partial charge in [0.25, 0.3) is 0 Å². The van der Waals surface area contributed by atoms with Crippen molar-refractivity contribution < 1.29 is 0 Å². The molecule has 7 heteroatoms. The molecule has 2 aromatic heterocycles. The van der Waals surface area contributed by atoms with E-state index in [4.69, 9.17) is 23.2 Å². The van der Waals surface area contributed by atoms with Gasteiger partial charge in [0.2, 0.25) is 5.28 Å². The summed E-state index contributed by atoms with van der Waals surface area (Å²) >= 11 is 11.4. The Kier molecular flexibility index (Phi) is 2.35. The predicted octanol–water partition coefficient (Wildman–Crippen LogP) is 1.67. The third-order valence-corrected chi connectivity index (χ3v) is 1.94. The highest BCUT2D eigenvalue weighted by Crippen LogP contribution is 2.15. The van der Waals surface area contributed by atoms with Gasteiger partial charge >= 0.3 is 0 Å². The Hall–Kier alpha value is -1.20. The van der Waals surface area contributed by atoms with E-state index in [9.17, 15) is 0 Å². The van der Waals surface area contributed by atoms with Gasteiger partial charge in [-0.25, -0.2) is 4.68 Å². The minimum absolute atomic E-state index is 0.0394. The van der Waals surface area contributed by atoms with Crippen LogP contribution < -0.4 is 0 Å². The van der Waals surface area contributed by atoms with Crippen LogP contribution in [0.2, 0.25) is 10.4 Å². The molecule has 0 aliphatic rings. The summed E-state index contributed by atoms with van der Waals surface area (Å²) < 4.78 is 1.50. The Balaban J connectivity index is 2.55. The van der Waals surface area contributed by atoms with Crippen molar-refractivity contribution >= 4 is 23.2 Å². The van der Waals surface area contributed by atoms with E-state index in [1.807, 2.05) is 6.92 Å². The number of aryl methyl sites for hydroxylation is 1. The smallest absolute Gasteiger partial charge is 0.219 e. The van der Waals surface area contributed by atoms with Gasteiger partial charge in [-0.1, -0.05) is 11.6 Å². The van der Waals surface area contributed by atoms with Crippen LogP contribution in [-0.4, -0.2) is 25.0 Å². The van der Waals surface area contributed by atoms with Crippen LogP contribution in [0, 0.1) is 6.92 Å². The molecule has 0 bridgehead atoms. The van der Waals surface area contributed by atoms with Crippen LogP contribution in [0.1, 0.15) is 5.56 Å². The van der Waals surface area contributed by atoms with Gasteiger partial charge < -0.3 is 0 Å². The van der Waals surface area contributed by atoms with Crippen molar-refractivity contribution in [2.24, 2.45) is 0 Å². The first kappa shape index (κ1) is 9.36. The molecule has 0 amide bonds. The number of hydrogen-bond acceptors (Lipinski definition) is 4. The van der Waals surface area contributed by atoms with Crippen LogP contribution in [-0.2, 0) is 0 Å². The molecule has 2 rings (SSSR count). The van der Waals surface area contributed by atoms with Gasteiger partial charge in [0.05, 0.1) is 6.20 Å². The molecular weight excluding hydrogens is 225 g/mol. The third kappa shape index (κ3) is 1.69. The molecule has 0 saturated carbocycles. The first-order valence-electron chi connectivity index (χ1n) is 3.74. The summed E-state index contributed by atoms with van der Waals surface area (Å²) in [5.74, 6) is 0.375. The molecular formula is C7H5Cl2N5. The van der Waals surface area contributed by atoms with E-state index in [1.165, 1.54) is 4.68 Å². The molecule has 0 N–H and O–H groups in total. The lowest BCUT2D eigenvalue weighted by atomic mass is 10.4. The zero-order valence-corrected chi connectivity index (χ0v) is 8.66. The molecule has 0 aliphatic carbocycles. The second-order valence-corrected chi connectivity index (χ2v) is 3.35. The molecule has 2 aromatic rings. The largest absolute Gasteiger partial charge is 0.245 e. The van der Waals surface area contributed by atoms with Gasteiger partial charge in [0, 0.05) is 6.20 Å². The standard InChI is InChI=1S/C7H5Cl2N5/c1-4-2-10-14(3-4)6-5(8)12-13-7(9)11-6/h2-3H,1H3. The van der Waals surface area contributed by atoms with Crippen molar-refractivity contribution in [1.29, 1.82) is 0 Å². The normalized spacial score (nSPS) is 10.5. The van der Waals surface area contributed by atoms with Crippen LogP contribution in [0.4, 0.5) is 0 Å². The number of halogens is 2. The zero-order chi connectivity index (χ0) is 10.1. The van der Waals surface area contributed by atoms with Crippen LogP contribution in [0.3, 0.4) is 0 Å². The lowest BCUT2D eigenvalue weighted by Gasteiger charge is -2.00. The molecule has 0 aliphatic heterocycles. The molecule has 5 nitrogen and oxygen atoms in total. The summed E-state index contributed by atoms with van der Waals surface area (Å²) in [4.78, 5) is 3.92. The van der Waals surface area contributed by atoms with Gasteiger partial charge in [-0.15, -0.1) is 10.2 Å². The SMILES string of the molecule is Cc1cnn(-c2nc(Cl)nnc2Cl)c1.